The van der Waals surface area contributed by atoms with Gasteiger partial charge in [-0.05, 0) is 35.7 Å². The molecule has 3 fully saturated rings. The molecule has 4 amide bonds. The number of hydrogen-bond donors (Lipinski definition) is 4. The van der Waals surface area contributed by atoms with Gasteiger partial charge in [0.15, 0.2) is 0 Å². The van der Waals surface area contributed by atoms with Gasteiger partial charge in [0.2, 0.25) is 17.7 Å². The fourth-order valence-electron chi connectivity index (χ4n) is 5.81. The molecule has 6 atom stereocenters. The molecule has 2 heterocycles. The molecule has 3 aliphatic rings. The largest absolute Gasteiger partial charge is 0.465 e. The van der Waals surface area contributed by atoms with Crippen molar-refractivity contribution in [2.24, 2.45) is 23.2 Å². The second-order valence-electron chi connectivity index (χ2n) is 10.3. The van der Waals surface area contributed by atoms with Crippen molar-refractivity contribution in [1.82, 2.24) is 20.9 Å². The van der Waals surface area contributed by atoms with E-state index >= 15 is 0 Å². The van der Waals surface area contributed by atoms with Crippen LogP contribution in [0.25, 0.3) is 0 Å². The first-order chi connectivity index (χ1) is 16.6. The van der Waals surface area contributed by atoms with Crippen LogP contribution in [0.4, 0.5) is 4.79 Å². The molecule has 0 bridgehead atoms. The van der Waals surface area contributed by atoms with Gasteiger partial charge in [0, 0.05) is 25.4 Å². The predicted octanol–water partition coefficient (Wildman–Crippen LogP) is 0.558. The molecule has 1 aromatic carbocycles. The summed E-state index contributed by atoms with van der Waals surface area (Å²) in [6.07, 6.45) is 0.275. The summed E-state index contributed by atoms with van der Waals surface area (Å²) in [5.74, 6) is -1.35. The van der Waals surface area contributed by atoms with Gasteiger partial charge < -0.3 is 30.8 Å². The fourth-order valence-corrected chi connectivity index (χ4v) is 5.81. The predicted molar refractivity (Wildman–Crippen MR) is 125 cm³/mol. The van der Waals surface area contributed by atoms with Crippen LogP contribution in [0.3, 0.4) is 0 Å². The summed E-state index contributed by atoms with van der Waals surface area (Å²) in [5.41, 5.74) is 0.650. The number of piperidine rings is 1. The SMILES string of the molecule is CC1(C)[C@@H]2[C@@H](C(=O)N[C@H](C=O)C[C@@H]3CCNC3=O)N(C(=O)[C@H](Cc3ccccc3)NC(=O)O)C[C@@H]21. The molecule has 2 aliphatic heterocycles. The number of hydrogen-bond acceptors (Lipinski definition) is 5. The maximum absolute atomic E-state index is 13.6. The minimum Gasteiger partial charge on any atom is -0.465 e. The summed E-state index contributed by atoms with van der Waals surface area (Å²) in [6, 6.07) is 6.38. The Morgan fingerprint density at radius 1 is 1.23 bits per heavy atom. The van der Waals surface area contributed by atoms with E-state index in [1.807, 2.05) is 44.2 Å². The lowest BCUT2D eigenvalue weighted by atomic mass is 9.96. The van der Waals surface area contributed by atoms with E-state index in [1.54, 1.807) is 0 Å². The summed E-state index contributed by atoms with van der Waals surface area (Å²) in [4.78, 5) is 63.5. The van der Waals surface area contributed by atoms with Crippen LogP contribution in [-0.2, 0) is 25.6 Å². The van der Waals surface area contributed by atoms with E-state index in [0.29, 0.717) is 25.8 Å². The number of rotatable bonds is 9. The van der Waals surface area contributed by atoms with Crippen molar-refractivity contribution >= 4 is 30.1 Å². The van der Waals surface area contributed by atoms with E-state index in [2.05, 4.69) is 16.0 Å². The van der Waals surface area contributed by atoms with Crippen molar-refractivity contribution < 1.29 is 29.1 Å². The summed E-state index contributed by atoms with van der Waals surface area (Å²) < 4.78 is 0. The standard InChI is InChI=1S/C25H32N4O6/c1-25(2)17-12-29(23(33)18(28-24(34)35)10-14-6-4-3-5-7-14)20(19(17)25)22(32)27-16(13-30)11-15-8-9-26-21(15)31/h3-7,13,15-20,28H,8-12H2,1-2H3,(H,26,31)(H,27,32)(H,34,35)/t15-,16-,17-,18-,19-,20-/m0/s1. The van der Waals surface area contributed by atoms with Crippen LogP contribution < -0.4 is 16.0 Å². The molecule has 0 spiro atoms. The summed E-state index contributed by atoms with van der Waals surface area (Å²) >= 11 is 0. The first kappa shape index (κ1) is 24.7. The minimum absolute atomic E-state index is 0.0873. The van der Waals surface area contributed by atoms with Gasteiger partial charge in [-0.15, -0.1) is 0 Å². The van der Waals surface area contributed by atoms with Crippen LogP contribution in [0, 0.1) is 23.2 Å². The summed E-state index contributed by atoms with van der Waals surface area (Å²) in [6.45, 7) is 4.98. The minimum atomic E-state index is -1.32. The zero-order chi connectivity index (χ0) is 25.3. The lowest BCUT2D eigenvalue weighted by Gasteiger charge is -2.33. The van der Waals surface area contributed by atoms with E-state index in [4.69, 9.17) is 0 Å². The Labute approximate surface area is 203 Å². The van der Waals surface area contributed by atoms with E-state index in [9.17, 15) is 29.1 Å². The zero-order valence-corrected chi connectivity index (χ0v) is 19.9. The number of nitrogens with one attached hydrogen (secondary N) is 3. The topological polar surface area (TPSA) is 145 Å². The van der Waals surface area contributed by atoms with Crippen molar-refractivity contribution in [1.29, 1.82) is 0 Å². The molecular weight excluding hydrogens is 452 g/mol. The van der Waals surface area contributed by atoms with Gasteiger partial charge >= 0.3 is 6.09 Å². The Kier molecular flexibility index (Phi) is 6.82. The number of aldehydes is 1. The molecule has 1 aromatic rings. The second kappa shape index (κ2) is 9.67. The smallest absolute Gasteiger partial charge is 0.405 e. The molecule has 10 heteroatoms. The number of nitrogens with zero attached hydrogens (tertiary/aromatic N) is 1. The van der Waals surface area contributed by atoms with Gasteiger partial charge in [0.05, 0.1) is 6.04 Å². The van der Waals surface area contributed by atoms with Crippen LogP contribution in [0.15, 0.2) is 30.3 Å². The summed E-state index contributed by atoms with van der Waals surface area (Å²) in [7, 11) is 0. The van der Waals surface area contributed by atoms with Gasteiger partial charge in [0.25, 0.3) is 0 Å². The fraction of sp³-hybridized carbons (Fsp3) is 0.560. The molecule has 1 saturated carbocycles. The highest BCUT2D eigenvalue weighted by Crippen LogP contribution is 2.64. The number of carboxylic acid groups (broad SMARTS) is 1. The molecule has 4 rings (SSSR count). The van der Waals surface area contributed by atoms with E-state index < -0.39 is 36.0 Å². The van der Waals surface area contributed by atoms with Crippen molar-refractivity contribution in [3.63, 3.8) is 0 Å². The molecule has 35 heavy (non-hydrogen) atoms. The number of carbonyl (C=O) groups is 5. The highest BCUT2D eigenvalue weighted by atomic mass is 16.4. The first-order valence-electron chi connectivity index (χ1n) is 12.0. The van der Waals surface area contributed by atoms with E-state index in [0.717, 1.165) is 5.56 Å². The Hall–Kier alpha value is -3.43. The Bertz CT molecular complexity index is 1010. The van der Waals surface area contributed by atoms with Gasteiger partial charge in [0.1, 0.15) is 18.4 Å². The van der Waals surface area contributed by atoms with Gasteiger partial charge in [-0.25, -0.2) is 4.79 Å². The third-order valence-corrected chi connectivity index (χ3v) is 7.83. The molecule has 0 radical (unpaired) electrons. The molecule has 0 aromatic heterocycles. The summed E-state index contributed by atoms with van der Waals surface area (Å²) in [5, 5.41) is 17.1. The van der Waals surface area contributed by atoms with Gasteiger partial charge in [-0.2, -0.15) is 0 Å². The van der Waals surface area contributed by atoms with Crippen molar-refractivity contribution in [2.75, 3.05) is 13.1 Å². The van der Waals surface area contributed by atoms with Crippen molar-refractivity contribution in [3.8, 4) is 0 Å². The molecular formula is C25H32N4O6. The third-order valence-electron chi connectivity index (χ3n) is 7.83. The maximum Gasteiger partial charge on any atom is 0.405 e. The third kappa shape index (κ3) is 5.01. The van der Waals surface area contributed by atoms with Crippen LogP contribution in [0.1, 0.15) is 32.3 Å². The van der Waals surface area contributed by atoms with Crippen LogP contribution in [0.2, 0.25) is 0 Å². The van der Waals surface area contributed by atoms with Gasteiger partial charge in [-0.1, -0.05) is 44.2 Å². The molecule has 4 N–H and O–H groups in total. The lowest BCUT2D eigenvalue weighted by Crippen LogP contribution is -2.57. The van der Waals surface area contributed by atoms with E-state index in [-0.39, 0.29) is 41.9 Å². The Morgan fingerprint density at radius 2 is 1.94 bits per heavy atom. The molecule has 0 unspecified atom stereocenters. The molecule has 2 saturated heterocycles. The average molecular weight is 485 g/mol. The van der Waals surface area contributed by atoms with Crippen molar-refractivity contribution in [2.45, 2.75) is 51.2 Å². The Balaban J connectivity index is 1.51. The number of fused-ring (bicyclic) bond motifs is 1. The average Bonchev–Trinajstić information content (AvgIpc) is 3.17. The van der Waals surface area contributed by atoms with Crippen LogP contribution in [-0.4, -0.2) is 71.3 Å². The van der Waals surface area contributed by atoms with Crippen LogP contribution in [0.5, 0.6) is 0 Å². The lowest BCUT2D eigenvalue weighted by molar-refractivity contribution is -0.142. The normalized spacial score (nSPS) is 27.8. The Morgan fingerprint density at radius 3 is 2.54 bits per heavy atom. The number of benzene rings is 1. The molecule has 1 aliphatic carbocycles. The zero-order valence-electron chi connectivity index (χ0n) is 19.9. The highest BCUT2D eigenvalue weighted by Gasteiger charge is 2.69. The monoisotopic (exact) mass is 484 g/mol. The molecule has 188 valence electrons. The highest BCUT2D eigenvalue weighted by molar-refractivity contribution is 5.94. The maximum atomic E-state index is 13.6. The quantitative estimate of drug-likeness (QED) is 0.377. The second-order valence-corrected chi connectivity index (χ2v) is 10.3. The van der Waals surface area contributed by atoms with Crippen molar-refractivity contribution in [3.05, 3.63) is 35.9 Å². The van der Waals surface area contributed by atoms with E-state index in [1.165, 1.54) is 4.90 Å². The molecule has 10 nitrogen and oxygen atoms in total. The van der Waals surface area contributed by atoms with Gasteiger partial charge in [-0.3, -0.25) is 14.4 Å². The number of carbonyl (C=O) groups excluding carboxylic acids is 4. The number of amides is 4. The number of likely N-dealkylation sites (tertiary alicyclic amines) is 1. The first-order valence-corrected chi connectivity index (χ1v) is 12.0. The van der Waals surface area contributed by atoms with Crippen LogP contribution >= 0.6 is 0 Å².